The van der Waals surface area contributed by atoms with E-state index in [-0.39, 0.29) is 23.5 Å². The summed E-state index contributed by atoms with van der Waals surface area (Å²) in [5.41, 5.74) is 1.44. The highest BCUT2D eigenvalue weighted by Crippen LogP contribution is 2.29. The fourth-order valence-electron chi connectivity index (χ4n) is 3.98. The number of carbonyl (C=O) groups excluding carboxylic acids is 1. The van der Waals surface area contributed by atoms with Crippen molar-refractivity contribution in [3.05, 3.63) is 60.2 Å². The molecule has 1 unspecified atom stereocenters. The Bertz CT molecular complexity index is 1080. The summed E-state index contributed by atoms with van der Waals surface area (Å²) in [5.74, 6) is 1.16. The lowest BCUT2D eigenvalue weighted by molar-refractivity contribution is -0.113. The van der Waals surface area contributed by atoms with Gasteiger partial charge in [0.2, 0.25) is 5.91 Å². The number of likely N-dealkylation sites (tertiary alicyclic amines) is 1. The van der Waals surface area contributed by atoms with Crippen molar-refractivity contribution in [3.63, 3.8) is 0 Å². The van der Waals surface area contributed by atoms with Crippen LogP contribution in [-0.4, -0.2) is 51.5 Å². The standard InChI is InChI=1S/C24H28FN5O2S/c1-17(29-13-4-3-5-14-29)23-27-28-24(30(23)20-11-9-18(25)10-12-20)33-16-22(31)26-19-7-6-8-21(15-19)32-2/h6-12,15,17H,3-5,13-14,16H2,1-2H3,(H,26,31). The van der Waals surface area contributed by atoms with Crippen LogP contribution in [0.4, 0.5) is 10.1 Å². The molecule has 2 heterocycles. The van der Waals surface area contributed by atoms with Crippen LogP contribution in [0.1, 0.15) is 38.1 Å². The van der Waals surface area contributed by atoms with E-state index in [1.54, 1.807) is 25.3 Å². The molecule has 7 nitrogen and oxygen atoms in total. The number of hydrogen-bond donors (Lipinski definition) is 1. The molecule has 1 atom stereocenters. The molecule has 0 spiro atoms. The average molecular weight is 470 g/mol. The monoisotopic (exact) mass is 469 g/mol. The van der Waals surface area contributed by atoms with Crippen LogP contribution in [0.25, 0.3) is 5.69 Å². The molecule has 1 aromatic heterocycles. The summed E-state index contributed by atoms with van der Waals surface area (Å²) in [6, 6.07) is 13.6. The van der Waals surface area contributed by atoms with Crippen molar-refractivity contribution in [2.45, 2.75) is 37.4 Å². The second-order valence-corrected chi connectivity index (χ2v) is 8.94. The number of rotatable bonds is 8. The first kappa shape index (κ1) is 23.3. The predicted octanol–water partition coefficient (Wildman–Crippen LogP) is 4.69. The number of carbonyl (C=O) groups is 1. The Morgan fingerprint density at radius 3 is 2.64 bits per heavy atom. The summed E-state index contributed by atoms with van der Waals surface area (Å²) in [4.78, 5) is 15.0. The Hall–Kier alpha value is -2.91. The van der Waals surface area contributed by atoms with Crippen LogP contribution >= 0.6 is 11.8 Å². The molecule has 1 amide bonds. The second kappa shape index (κ2) is 10.8. The maximum Gasteiger partial charge on any atom is 0.234 e. The number of thioether (sulfide) groups is 1. The molecule has 1 fully saturated rings. The number of methoxy groups -OCH3 is 1. The number of ether oxygens (including phenoxy) is 1. The molecule has 3 aromatic rings. The van der Waals surface area contributed by atoms with Gasteiger partial charge in [-0.1, -0.05) is 24.2 Å². The zero-order chi connectivity index (χ0) is 23.2. The van der Waals surface area contributed by atoms with Crippen LogP contribution in [0.5, 0.6) is 5.75 Å². The fourth-order valence-corrected chi connectivity index (χ4v) is 4.73. The summed E-state index contributed by atoms with van der Waals surface area (Å²) < 4.78 is 20.7. The van der Waals surface area contributed by atoms with E-state index in [2.05, 4.69) is 27.3 Å². The van der Waals surface area contributed by atoms with E-state index < -0.39 is 0 Å². The van der Waals surface area contributed by atoms with Crippen LogP contribution in [0.2, 0.25) is 0 Å². The first-order valence-corrected chi connectivity index (χ1v) is 12.1. The molecule has 1 aliphatic rings. The van der Waals surface area contributed by atoms with E-state index in [0.29, 0.717) is 16.6 Å². The van der Waals surface area contributed by atoms with Crippen molar-refractivity contribution in [2.24, 2.45) is 0 Å². The molecule has 4 rings (SSSR count). The van der Waals surface area contributed by atoms with Gasteiger partial charge in [-0.2, -0.15) is 0 Å². The van der Waals surface area contributed by atoms with Crippen LogP contribution in [0.3, 0.4) is 0 Å². The molecule has 1 saturated heterocycles. The molecular formula is C24H28FN5O2S. The van der Waals surface area contributed by atoms with Gasteiger partial charge in [-0.05, 0) is 69.3 Å². The Morgan fingerprint density at radius 1 is 1.15 bits per heavy atom. The van der Waals surface area contributed by atoms with Crippen LogP contribution < -0.4 is 10.1 Å². The number of nitrogens with zero attached hydrogens (tertiary/aromatic N) is 4. The lowest BCUT2D eigenvalue weighted by Crippen LogP contribution is -2.33. The van der Waals surface area contributed by atoms with Crippen molar-refractivity contribution >= 4 is 23.4 Å². The van der Waals surface area contributed by atoms with Gasteiger partial charge in [0.15, 0.2) is 11.0 Å². The van der Waals surface area contributed by atoms with Crippen LogP contribution in [0, 0.1) is 5.82 Å². The van der Waals surface area contributed by atoms with E-state index in [1.807, 2.05) is 22.8 Å². The first-order valence-electron chi connectivity index (χ1n) is 11.1. The molecule has 1 aliphatic heterocycles. The number of hydrogen-bond acceptors (Lipinski definition) is 6. The number of halogens is 1. The van der Waals surface area contributed by atoms with Crippen molar-refractivity contribution in [2.75, 3.05) is 31.3 Å². The number of nitrogens with one attached hydrogen (secondary N) is 1. The minimum Gasteiger partial charge on any atom is -0.497 e. The lowest BCUT2D eigenvalue weighted by atomic mass is 10.1. The zero-order valence-electron chi connectivity index (χ0n) is 18.8. The minimum atomic E-state index is -0.302. The topological polar surface area (TPSA) is 72.3 Å². The quantitative estimate of drug-likeness (QED) is 0.483. The van der Waals surface area contributed by atoms with Crippen molar-refractivity contribution < 1.29 is 13.9 Å². The Morgan fingerprint density at radius 2 is 1.91 bits per heavy atom. The molecule has 174 valence electrons. The number of aromatic nitrogens is 3. The molecule has 9 heteroatoms. The molecule has 0 radical (unpaired) electrons. The number of amides is 1. The molecule has 2 aromatic carbocycles. The molecule has 0 bridgehead atoms. The molecule has 1 N–H and O–H groups in total. The highest BCUT2D eigenvalue weighted by atomic mass is 32.2. The normalized spacial score (nSPS) is 15.2. The van der Waals surface area contributed by atoms with Gasteiger partial charge in [-0.3, -0.25) is 14.3 Å². The fraction of sp³-hybridized carbons (Fsp3) is 0.375. The third kappa shape index (κ3) is 5.72. The van der Waals surface area contributed by atoms with E-state index in [4.69, 9.17) is 4.74 Å². The van der Waals surface area contributed by atoms with Gasteiger partial charge in [-0.25, -0.2) is 4.39 Å². The highest BCUT2D eigenvalue weighted by molar-refractivity contribution is 7.99. The molecule has 0 aliphatic carbocycles. The first-order chi connectivity index (χ1) is 16.0. The maximum absolute atomic E-state index is 13.6. The summed E-state index contributed by atoms with van der Waals surface area (Å²) in [6.07, 6.45) is 3.58. The van der Waals surface area contributed by atoms with Crippen LogP contribution in [-0.2, 0) is 4.79 Å². The Balaban J connectivity index is 1.53. The van der Waals surface area contributed by atoms with E-state index >= 15 is 0 Å². The van der Waals surface area contributed by atoms with Crippen molar-refractivity contribution in [1.82, 2.24) is 19.7 Å². The molecule has 0 saturated carbocycles. The second-order valence-electron chi connectivity index (χ2n) is 7.99. The average Bonchev–Trinajstić information content (AvgIpc) is 3.27. The Labute approximate surface area is 197 Å². The SMILES string of the molecule is COc1cccc(NC(=O)CSc2nnc(C(C)N3CCCCC3)n2-c2ccc(F)cc2)c1. The zero-order valence-corrected chi connectivity index (χ0v) is 19.6. The predicted molar refractivity (Wildman–Crippen MR) is 128 cm³/mol. The number of anilines is 1. The molecular weight excluding hydrogens is 441 g/mol. The third-order valence-corrected chi connectivity index (χ3v) is 6.67. The van der Waals surface area contributed by atoms with Crippen molar-refractivity contribution in [1.29, 1.82) is 0 Å². The Kier molecular flexibility index (Phi) is 7.61. The minimum absolute atomic E-state index is 0.0582. The van der Waals surface area contributed by atoms with Gasteiger partial charge in [0.25, 0.3) is 0 Å². The van der Waals surface area contributed by atoms with Gasteiger partial charge in [0.1, 0.15) is 11.6 Å². The van der Waals surface area contributed by atoms with Gasteiger partial charge >= 0.3 is 0 Å². The van der Waals surface area contributed by atoms with Gasteiger partial charge in [0, 0.05) is 17.4 Å². The molecule has 33 heavy (non-hydrogen) atoms. The highest BCUT2D eigenvalue weighted by Gasteiger charge is 2.25. The summed E-state index contributed by atoms with van der Waals surface area (Å²) in [6.45, 7) is 4.16. The maximum atomic E-state index is 13.6. The lowest BCUT2D eigenvalue weighted by Gasteiger charge is -2.31. The van der Waals surface area contributed by atoms with E-state index in [1.165, 1.54) is 43.2 Å². The smallest absolute Gasteiger partial charge is 0.234 e. The summed E-state index contributed by atoms with van der Waals surface area (Å²) >= 11 is 1.30. The number of benzene rings is 2. The van der Waals surface area contributed by atoms with Crippen molar-refractivity contribution in [3.8, 4) is 11.4 Å². The van der Waals surface area contributed by atoms with Gasteiger partial charge in [-0.15, -0.1) is 10.2 Å². The largest absolute Gasteiger partial charge is 0.497 e. The van der Waals surface area contributed by atoms with E-state index in [9.17, 15) is 9.18 Å². The van der Waals surface area contributed by atoms with Crippen LogP contribution in [0.15, 0.2) is 53.7 Å². The third-order valence-electron chi connectivity index (χ3n) is 5.74. The van der Waals surface area contributed by atoms with Gasteiger partial charge in [0.05, 0.1) is 18.9 Å². The van der Waals surface area contributed by atoms with Gasteiger partial charge < -0.3 is 10.1 Å². The number of piperidine rings is 1. The van der Waals surface area contributed by atoms with E-state index in [0.717, 1.165) is 24.6 Å². The summed E-state index contributed by atoms with van der Waals surface area (Å²) in [7, 11) is 1.58. The summed E-state index contributed by atoms with van der Waals surface area (Å²) in [5, 5.41) is 12.4.